The fourth-order valence-corrected chi connectivity index (χ4v) is 3.98. The summed E-state index contributed by atoms with van der Waals surface area (Å²) in [7, 11) is 0. The summed E-state index contributed by atoms with van der Waals surface area (Å²) in [6.07, 6.45) is 0. The normalized spacial score (nSPS) is 10.8. The van der Waals surface area contributed by atoms with Gasteiger partial charge in [0.25, 0.3) is 5.91 Å². The van der Waals surface area contributed by atoms with Gasteiger partial charge in [0, 0.05) is 22.7 Å². The molecule has 0 unspecified atom stereocenters. The van der Waals surface area contributed by atoms with Crippen molar-refractivity contribution in [3.8, 4) is 10.4 Å². The van der Waals surface area contributed by atoms with Crippen molar-refractivity contribution in [2.24, 2.45) is 0 Å². The predicted octanol–water partition coefficient (Wildman–Crippen LogP) is 3.72. The van der Waals surface area contributed by atoms with Gasteiger partial charge in [-0.3, -0.25) is 9.48 Å². The first-order valence-corrected chi connectivity index (χ1v) is 8.82. The van der Waals surface area contributed by atoms with E-state index in [1.165, 1.54) is 21.8 Å². The highest BCUT2D eigenvalue weighted by Gasteiger charge is 2.14. The number of nitrogens with zero attached hydrogens (tertiary/aromatic N) is 2. The highest BCUT2D eigenvalue weighted by Crippen LogP contribution is 2.30. The van der Waals surface area contributed by atoms with Crippen LogP contribution in [0.2, 0.25) is 0 Å². The molecule has 0 spiro atoms. The lowest BCUT2D eigenvalue weighted by atomic mass is 10.1. The quantitative estimate of drug-likeness (QED) is 0.774. The lowest BCUT2D eigenvalue weighted by molar-refractivity contribution is 0.0956. The lowest BCUT2D eigenvalue weighted by Crippen LogP contribution is -2.27. The van der Waals surface area contributed by atoms with E-state index in [4.69, 9.17) is 0 Å². The van der Waals surface area contributed by atoms with Crippen molar-refractivity contribution < 1.29 is 4.79 Å². The molecule has 0 aromatic carbocycles. The Labute approximate surface area is 137 Å². The zero-order chi connectivity index (χ0) is 15.5. The largest absolute Gasteiger partial charge is 0.349 e. The number of nitrogens with one attached hydrogen (secondary N) is 1. The molecular weight excluding hydrogens is 314 g/mol. The molecule has 4 nitrogen and oxygen atoms in total. The Morgan fingerprint density at radius 3 is 2.68 bits per heavy atom. The number of carbonyl (C=O) groups excluding carboxylic acids is 1. The van der Waals surface area contributed by atoms with Crippen LogP contribution in [0, 0.1) is 13.8 Å². The molecule has 0 fully saturated rings. The van der Waals surface area contributed by atoms with Crippen molar-refractivity contribution in [3.05, 3.63) is 51.3 Å². The number of hydrogen-bond acceptors (Lipinski definition) is 4. The fourth-order valence-electron chi connectivity index (χ4n) is 2.46. The average molecular weight is 331 g/mol. The monoisotopic (exact) mass is 331 g/mol. The molecule has 3 aromatic rings. The lowest BCUT2D eigenvalue weighted by Gasteiger charge is -2.06. The molecule has 0 radical (unpaired) electrons. The summed E-state index contributed by atoms with van der Waals surface area (Å²) in [4.78, 5) is 13.9. The van der Waals surface area contributed by atoms with Crippen LogP contribution in [0.15, 0.2) is 35.0 Å². The summed E-state index contributed by atoms with van der Waals surface area (Å²) >= 11 is 3.18. The molecule has 3 aromatic heterocycles. The van der Waals surface area contributed by atoms with Crippen LogP contribution in [0.3, 0.4) is 0 Å². The van der Waals surface area contributed by atoms with Crippen LogP contribution in [-0.4, -0.2) is 22.2 Å². The number of aromatic nitrogens is 2. The summed E-state index contributed by atoms with van der Waals surface area (Å²) in [5.41, 5.74) is 3.38. The molecule has 3 heterocycles. The van der Waals surface area contributed by atoms with Crippen molar-refractivity contribution in [1.82, 2.24) is 15.1 Å². The number of aryl methyl sites for hydroxylation is 1. The maximum atomic E-state index is 11.9. The van der Waals surface area contributed by atoms with Gasteiger partial charge in [0.05, 0.1) is 17.1 Å². The van der Waals surface area contributed by atoms with E-state index in [0.29, 0.717) is 13.1 Å². The van der Waals surface area contributed by atoms with Gasteiger partial charge in [0.15, 0.2) is 0 Å². The highest BCUT2D eigenvalue weighted by atomic mass is 32.1. The highest BCUT2D eigenvalue weighted by molar-refractivity contribution is 7.13. The smallest absolute Gasteiger partial charge is 0.261 e. The Kier molecular flexibility index (Phi) is 4.40. The van der Waals surface area contributed by atoms with Gasteiger partial charge in [-0.05, 0) is 36.7 Å². The molecule has 22 heavy (non-hydrogen) atoms. The Hall–Kier alpha value is -1.92. The summed E-state index contributed by atoms with van der Waals surface area (Å²) in [6.45, 7) is 5.36. The zero-order valence-electron chi connectivity index (χ0n) is 12.5. The van der Waals surface area contributed by atoms with Crippen LogP contribution in [-0.2, 0) is 6.54 Å². The SMILES string of the molecule is Cc1nn(CCNC(=O)c2cccs2)c(C)c1-c1cccs1. The standard InChI is InChI=1S/C16H17N3OS2/c1-11-15(13-5-3-9-21-13)12(2)19(18-11)8-7-17-16(20)14-6-4-10-22-14/h3-6,9-10H,7-8H2,1-2H3,(H,17,20). The number of hydrogen-bond donors (Lipinski definition) is 1. The summed E-state index contributed by atoms with van der Waals surface area (Å²) < 4.78 is 1.97. The predicted molar refractivity (Wildman–Crippen MR) is 91.7 cm³/mol. The topological polar surface area (TPSA) is 46.9 Å². The number of thiophene rings is 2. The molecule has 114 valence electrons. The number of amides is 1. The van der Waals surface area contributed by atoms with Crippen molar-refractivity contribution in [2.45, 2.75) is 20.4 Å². The Morgan fingerprint density at radius 2 is 2.00 bits per heavy atom. The van der Waals surface area contributed by atoms with Gasteiger partial charge in [0.1, 0.15) is 0 Å². The molecule has 0 aliphatic heterocycles. The molecule has 3 rings (SSSR count). The summed E-state index contributed by atoms with van der Waals surface area (Å²) in [5, 5.41) is 11.5. The van der Waals surface area contributed by atoms with Crippen LogP contribution in [0.4, 0.5) is 0 Å². The number of rotatable bonds is 5. The van der Waals surface area contributed by atoms with Gasteiger partial charge < -0.3 is 5.32 Å². The third-order valence-electron chi connectivity index (χ3n) is 3.50. The molecular formula is C16H17N3OS2. The fraction of sp³-hybridized carbons (Fsp3) is 0.250. The zero-order valence-corrected chi connectivity index (χ0v) is 14.1. The number of carbonyl (C=O) groups is 1. The maximum Gasteiger partial charge on any atom is 0.261 e. The van der Waals surface area contributed by atoms with E-state index in [-0.39, 0.29) is 5.91 Å². The first kappa shape index (κ1) is 15.0. The van der Waals surface area contributed by atoms with E-state index in [9.17, 15) is 4.79 Å². The van der Waals surface area contributed by atoms with E-state index in [2.05, 4.69) is 34.9 Å². The minimum absolute atomic E-state index is 0.0185. The Bertz CT molecular complexity index is 758. The van der Waals surface area contributed by atoms with Crippen molar-refractivity contribution in [1.29, 1.82) is 0 Å². The van der Waals surface area contributed by atoms with Gasteiger partial charge in [-0.15, -0.1) is 22.7 Å². The first-order chi connectivity index (χ1) is 10.7. The van der Waals surface area contributed by atoms with Crippen LogP contribution in [0.5, 0.6) is 0 Å². The van der Waals surface area contributed by atoms with Gasteiger partial charge >= 0.3 is 0 Å². The molecule has 0 saturated heterocycles. The van der Waals surface area contributed by atoms with Crippen LogP contribution >= 0.6 is 22.7 Å². The van der Waals surface area contributed by atoms with Crippen LogP contribution in [0.1, 0.15) is 21.1 Å². The van der Waals surface area contributed by atoms with E-state index in [1.54, 1.807) is 11.3 Å². The van der Waals surface area contributed by atoms with E-state index in [0.717, 1.165) is 16.3 Å². The molecule has 0 atom stereocenters. The van der Waals surface area contributed by atoms with Crippen molar-refractivity contribution in [3.63, 3.8) is 0 Å². The van der Waals surface area contributed by atoms with Gasteiger partial charge in [-0.2, -0.15) is 5.10 Å². The third-order valence-corrected chi connectivity index (χ3v) is 5.26. The van der Waals surface area contributed by atoms with Crippen LogP contribution < -0.4 is 5.32 Å². The van der Waals surface area contributed by atoms with Crippen molar-refractivity contribution in [2.75, 3.05) is 6.54 Å². The summed E-state index contributed by atoms with van der Waals surface area (Å²) in [6, 6.07) is 7.88. The van der Waals surface area contributed by atoms with E-state index in [1.807, 2.05) is 29.1 Å². The van der Waals surface area contributed by atoms with Crippen LogP contribution in [0.25, 0.3) is 10.4 Å². The Balaban J connectivity index is 1.66. The van der Waals surface area contributed by atoms with Gasteiger partial charge in [-0.25, -0.2) is 0 Å². The van der Waals surface area contributed by atoms with Gasteiger partial charge in [0.2, 0.25) is 0 Å². The molecule has 1 N–H and O–H groups in total. The molecule has 6 heteroatoms. The van der Waals surface area contributed by atoms with Gasteiger partial charge in [-0.1, -0.05) is 12.1 Å². The molecule has 0 bridgehead atoms. The molecule has 1 amide bonds. The third kappa shape index (κ3) is 2.98. The Morgan fingerprint density at radius 1 is 1.23 bits per heavy atom. The minimum atomic E-state index is -0.0185. The van der Waals surface area contributed by atoms with Crippen molar-refractivity contribution >= 4 is 28.6 Å². The second-order valence-corrected chi connectivity index (χ2v) is 6.87. The molecule has 0 aliphatic carbocycles. The maximum absolute atomic E-state index is 11.9. The first-order valence-electron chi connectivity index (χ1n) is 7.06. The second kappa shape index (κ2) is 6.46. The minimum Gasteiger partial charge on any atom is -0.349 e. The molecule has 0 saturated carbocycles. The van der Waals surface area contributed by atoms with E-state index >= 15 is 0 Å². The summed E-state index contributed by atoms with van der Waals surface area (Å²) in [5.74, 6) is -0.0185. The second-order valence-electron chi connectivity index (χ2n) is 4.98. The average Bonchev–Trinajstić information content (AvgIpc) is 3.22. The molecule has 0 aliphatic rings. The van der Waals surface area contributed by atoms with E-state index < -0.39 is 0 Å².